The third kappa shape index (κ3) is 2.85. The molecule has 0 spiro atoms. The van der Waals surface area contributed by atoms with Crippen molar-refractivity contribution in [3.63, 3.8) is 0 Å². The Morgan fingerprint density at radius 1 is 0.306 bits per heavy atom. The van der Waals surface area contributed by atoms with Crippen LogP contribution >= 0.6 is 0 Å². The molecule has 6 nitrogen and oxygen atoms in total. The number of hydrogen-bond acceptors (Lipinski definition) is 6. The lowest BCUT2D eigenvalue weighted by Crippen LogP contribution is -1.93. The fourth-order valence-corrected chi connectivity index (χ4v) is 5.12. The van der Waals surface area contributed by atoms with Gasteiger partial charge in [-0.3, -0.25) is 0 Å². The molecular formula is C30H20O6. The smallest absolute Gasteiger partial charge is 0.208 e. The number of phenolic OH excluding ortho intramolecular Hbond substituents is 6. The Kier molecular flexibility index (Phi) is 4.59. The summed E-state index contributed by atoms with van der Waals surface area (Å²) >= 11 is 0. The van der Waals surface area contributed by atoms with Crippen molar-refractivity contribution in [3.8, 4) is 56.8 Å². The topological polar surface area (TPSA) is 121 Å². The maximum Gasteiger partial charge on any atom is 0.208 e. The molecule has 0 aliphatic carbocycles. The van der Waals surface area contributed by atoms with Crippen molar-refractivity contribution in [2.24, 2.45) is 0 Å². The monoisotopic (exact) mass is 476 g/mol. The highest BCUT2D eigenvalue weighted by Gasteiger charge is 2.28. The molecule has 6 N–H and O–H groups in total. The summed E-state index contributed by atoms with van der Waals surface area (Å²) in [7, 11) is 0. The highest BCUT2D eigenvalue weighted by molar-refractivity contribution is 6.24. The molecule has 0 heterocycles. The van der Waals surface area contributed by atoms with Crippen molar-refractivity contribution < 1.29 is 30.6 Å². The van der Waals surface area contributed by atoms with Gasteiger partial charge in [0.1, 0.15) is 5.75 Å². The van der Waals surface area contributed by atoms with Crippen LogP contribution in [0.5, 0.6) is 34.5 Å². The number of aromatic hydroxyl groups is 6. The summed E-state index contributed by atoms with van der Waals surface area (Å²) in [6.07, 6.45) is 0. The van der Waals surface area contributed by atoms with Gasteiger partial charge < -0.3 is 30.6 Å². The number of rotatable bonds is 2. The highest BCUT2D eigenvalue weighted by atomic mass is 16.4. The summed E-state index contributed by atoms with van der Waals surface area (Å²) in [5.74, 6) is -4.19. The number of benzene rings is 6. The van der Waals surface area contributed by atoms with Gasteiger partial charge >= 0.3 is 0 Å². The van der Waals surface area contributed by atoms with Gasteiger partial charge in [0, 0.05) is 10.9 Å². The van der Waals surface area contributed by atoms with E-state index in [2.05, 4.69) is 0 Å². The average Bonchev–Trinajstić information content (AvgIpc) is 2.90. The largest absolute Gasteiger partial charge is 0.507 e. The van der Waals surface area contributed by atoms with Gasteiger partial charge in [-0.2, -0.15) is 0 Å². The molecule has 6 heteroatoms. The van der Waals surface area contributed by atoms with Crippen LogP contribution < -0.4 is 0 Å². The highest BCUT2D eigenvalue weighted by Crippen LogP contribution is 2.57. The lowest BCUT2D eigenvalue weighted by Gasteiger charge is -2.20. The fourth-order valence-electron chi connectivity index (χ4n) is 5.12. The van der Waals surface area contributed by atoms with Crippen LogP contribution in [0.15, 0.2) is 84.9 Å². The number of hydrogen-bond donors (Lipinski definition) is 6. The molecule has 0 fully saturated rings. The normalized spacial score (nSPS) is 11.4. The molecular weight excluding hydrogens is 456 g/mol. The second-order valence-corrected chi connectivity index (χ2v) is 8.64. The van der Waals surface area contributed by atoms with Gasteiger partial charge in [0.25, 0.3) is 0 Å². The maximum atomic E-state index is 10.8. The molecule has 0 aliphatic heterocycles. The van der Waals surface area contributed by atoms with Crippen molar-refractivity contribution in [3.05, 3.63) is 84.9 Å². The number of fused-ring (bicyclic) bond motifs is 3. The third-order valence-corrected chi connectivity index (χ3v) is 6.72. The molecule has 0 radical (unpaired) electrons. The van der Waals surface area contributed by atoms with Gasteiger partial charge in [-0.25, -0.2) is 0 Å². The summed E-state index contributed by atoms with van der Waals surface area (Å²) in [6.45, 7) is 0. The van der Waals surface area contributed by atoms with Crippen LogP contribution in [0.3, 0.4) is 0 Å². The zero-order chi connectivity index (χ0) is 25.1. The van der Waals surface area contributed by atoms with Gasteiger partial charge in [-0.15, -0.1) is 0 Å². The SMILES string of the molecule is Oc1c(O)c(O)c(-c2c3ccccc3c(-c3cccc4c(O)cccc34)c3ccccc23)c(O)c1O. The molecule has 0 saturated carbocycles. The zero-order valence-corrected chi connectivity index (χ0v) is 18.8. The maximum absolute atomic E-state index is 10.8. The van der Waals surface area contributed by atoms with Crippen molar-refractivity contribution in [2.45, 2.75) is 0 Å². The molecule has 0 unspecified atom stereocenters. The first-order valence-electron chi connectivity index (χ1n) is 11.2. The van der Waals surface area contributed by atoms with Crippen LogP contribution in [0.2, 0.25) is 0 Å². The first kappa shape index (κ1) is 21.4. The average molecular weight is 476 g/mol. The Bertz CT molecular complexity index is 1770. The van der Waals surface area contributed by atoms with E-state index in [4.69, 9.17) is 0 Å². The molecule has 0 saturated heterocycles. The number of phenols is 6. The molecule has 6 aromatic rings. The van der Waals surface area contributed by atoms with E-state index in [1.165, 1.54) is 0 Å². The van der Waals surface area contributed by atoms with E-state index in [1.807, 2.05) is 72.8 Å². The summed E-state index contributed by atoms with van der Waals surface area (Å²) in [4.78, 5) is 0. The van der Waals surface area contributed by atoms with Crippen LogP contribution in [0.1, 0.15) is 0 Å². The van der Waals surface area contributed by atoms with E-state index in [9.17, 15) is 30.6 Å². The summed E-state index contributed by atoms with van der Waals surface area (Å²) in [5.41, 5.74) is 1.95. The predicted molar refractivity (Wildman–Crippen MR) is 140 cm³/mol. The van der Waals surface area contributed by atoms with E-state index in [0.29, 0.717) is 21.7 Å². The molecule has 6 rings (SSSR count). The van der Waals surface area contributed by atoms with Crippen molar-refractivity contribution in [2.75, 3.05) is 0 Å². The van der Waals surface area contributed by atoms with Gasteiger partial charge in [-0.05, 0) is 44.1 Å². The minimum Gasteiger partial charge on any atom is -0.507 e. The summed E-state index contributed by atoms with van der Waals surface area (Å²) in [6, 6.07) is 25.9. The molecule has 36 heavy (non-hydrogen) atoms. The van der Waals surface area contributed by atoms with Crippen LogP contribution in [0, 0.1) is 0 Å². The fraction of sp³-hybridized carbons (Fsp3) is 0. The molecule has 6 aromatic carbocycles. The predicted octanol–water partition coefficient (Wildman–Crippen LogP) is 6.71. The summed E-state index contributed by atoms with van der Waals surface area (Å²) < 4.78 is 0. The quantitative estimate of drug-likeness (QED) is 0.0938. The van der Waals surface area contributed by atoms with Crippen molar-refractivity contribution in [1.82, 2.24) is 0 Å². The van der Waals surface area contributed by atoms with Gasteiger partial charge in [-0.1, -0.05) is 78.9 Å². The van der Waals surface area contributed by atoms with Crippen LogP contribution in [0.4, 0.5) is 0 Å². The van der Waals surface area contributed by atoms with E-state index in [-0.39, 0.29) is 11.3 Å². The van der Waals surface area contributed by atoms with Gasteiger partial charge in [0.05, 0.1) is 5.56 Å². The second kappa shape index (κ2) is 7.71. The van der Waals surface area contributed by atoms with Crippen LogP contribution in [0.25, 0.3) is 54.6 Å². The lowest BCUT2D eigenvalue weighted by molar-refractivity contribution is 0.330. The Hall–Kier alpha value is -5.10. The molecule has 0 aromatic heterocycles. The van der Waals surface area contributed by atoms with Gasteiger partial charge in [0.2, 0.25) is 17.2 Å². The van der Waals surface area contributed by atoms with Crippen molar-refractivity contribution >= 4 is 32.3 Å². The summed E-state index contributed by atoms with van der Waals surface area (Å²) in [5, 5.41) is 67.0. The first-order chi connectivity index (χ1) is 17.4. The van der Waals surface area contributed by atoms with Gasteiger partial charge in [0.15, 0.2) is 11.5 Å². The molecule has 0 atom stereocenters. The molecule has 0 amide bonds. The Balaban J connectivity index is 1.86. The Labute approximate surface area is 204 Å². The van der Waals surface area contributed by atoms with Crippen LogP contribution in [-0.4, -0.2) is 30.6 Å². The van der Waals surface area contributed by atoms with E-state index >= 15 is 0 Å². The molecule has 176 valence electrons. The first-order valence-corrected chi connectivity index (χ1v) is 11.2. The van der Waals surface area contributed by atoms with E-state index in [1.54, 1.807) is 12.1 Å². The van der Waals surface area contributed by atoms with E-state index in [0.717, 1.165) is 27.3 Å². The molecule has 0 aliphatic rings. The van der Waals surface area contributed by atoms with Crippen LogP contribution in [-0.2, 0) is 0 Å². The minimum atomic E-state index is -1.01. The minimum absolute atomic E-state index is 0.171. The molecule has 0 bridgehead atoms. The zero-order valence-electron chi connectivity index (χ0n) is 18.8. The lowest BCUT2D eigenvalue weighted by atomic mass is 9.84. The Morgan fingerprint density at radius 3 is 1.28 bits per heavy atom. The Morgan fingerprint density at radius 2 is 0.722 bits per heavy atom. The van der Waals surface area contributed by atoms with Crippen molar-refractivity contribution in [1.29, 1.82) is 0 Å². The second-order valence-electron chi connectivity index (χ2n) is 8.64. The van der Waals surface area contributed by atoms with E-state index < -0.39 is 28.7 Å². The third-order valence-electron chi connectivity index (χ3n) is 6.72. The standard InChI is InChI=1S/C30H20O6/c31-22-14-6-11-15-16(22)12-5-13-17(15)23-18-7-1-3-9-20(18)24(21-10-4-2-8-19(21)23)25-26(32)28(34)30(36)29(35)27(25)33/h1-14,31-36H.